The number of carbonyl (C=O) groups excluding carboxylic acids is 1. The summed E-state index contributed by atoms with van der Waals surface area (Å²) in [6, 6.07) is 1.38. The van der Waals surface area contributed by atoms with Gasteiger partial charge in [-0.3, -0.25) is 4.98 Å². The normalized spacial score (nSPS) is 19.8. The largest absolute Gasteiger partial charge is 0.381 e. The van der Waals surface area contributed by atoms with Crippen LogP contribution < -0.4 is 10.0 Å². The average molecular weight is 395 g/mol. The van der Waals surface area contributed by atoms with E-state index in [4.69, 9.17) is 0 Å². The summed E-state index contributed by atoms with van der Waals surface area (Å²) < 4.78 is 27.9. The first-order valence-electron chi connectivity index (χ1n) is 10.1. The van der Waals surface area contributed by atoms with Gasteiger partial charge in [0.15, 0.2) is 0 Å². The van der Waals surface area contributed by atoms with Crippen LogP contribution in [-0.4, -0.2) is 43.5 Å². The molecular formula is C19H30N4O3S. The van der Waals surface area contributed by atoms with Gasteiger partial charge in [-0.25, -0.2) is 17.9 Å². The molecule has 1 saturated carbocycles. The van der Waals surface area contributed by atoms with E-state index in [0.717, 1.165) is 44.9 Å². The Morgan fingerprint density at radius 3 is 2.33 bits per heavy atom. The van der Waals surface area contributed by atoms with Gasteiger partial charge in [-0.05, 0) is 38.2 Å². The summed E-state index contributed by atoms with van der Waals surface area (Å²) in [7, 11) is -3.97. The number of piperidine rings is 1. The predicted molar refractivity (Wildman–Crippen MR) is 105 cm³/mol. The highest BCUT2D eigenvalue weighted by atomic mass is 32.2. The second-order valence-electron chi connectivity index (χ2n) is 7.52. The fraction of sp³-hybridized carbons (Fsp3) is 0.684. The number of pyridine rings is 1. The van der Waals surface area contributed by atoms with E-state index in [0.29, 0.717) is 18.8 Å². The monoisotopic (exact) mass is 394 g/mol. The van der Waals surface area contributed by atoms with Gasteiger partial charge >= 0.3 is 6.03 Å². The first kappa shape index (κ1) is 19.9. The molecule has 1 aromatic heterocycles. The number of hydrogen-bond donors (Lipinski definition) is 2. The number of sulfonamides is 1. The van der Waals surface area contributed by atoms with Crippen LogP contribution in [0, 0.1) is 0 Å². The maximum Gasteiger partial charge on any atom is 0.331 e. The summed E-state index contributed by atoms with van der Waals surface area (Å²) in [4.78, 5) is 17.9. The van der Waals surface area contributed by atoms with E-state index >= 15 is 0 Å². The molecule has 27 heavy (non-hydrogen) atoms. The van der Waals surface area contributed by atoms with Crippen molar-refractivity contribution in [3.8, 4) is 0 Å². The van der Waals surface area contributed by atoms with Crippen LogP contribution in [0.25, 0.3) is 0 Å². The number of aromatic nitrogens is 1. The zero-order valence-corrected chi connectivity index (χ0v) is 16.6. The second kappa shape index (κ2) is 9.39. The number of likely N-dealkylation sites (tertiary alicyclic amines) is 1. The lowest BCUT2D eigenvalue weighted by atomic mass is 9.96. The van der Waals surface area contributed by atoms with Crippen LogP contribution in [0.3, 0.4) is 0 Å². The quantitative estimate of drug-likeness (QED) is 0.816. The third-order valence-corrected chi connectivity index (χ3v) is 6.75. The smallest absolute Gasteiger partial charge is 0.331 e. The highest BCUT2D eigenvalue weighted by Gasteiger charge is 2.26. The van der Waals surface area contributed by atoms with Crippen molar-refractivity contribution in [2.75, 3.05) is 18.4 Å². The lowest BCUT2D eigenvalue weighted by molar-refractivity contribution is 0.192. The minimum atomic E-state index is -3.97. The van der Waals surface area contributed by atoms with Gasteiger partial charge in [0.05, 0.1) is 5.69 Å². The number of anilines is 1. The zero-order chi connectivity index (χ0) is 19.1. The van der Waals surface area contributed by atoms with Gasteiger partial charge in [-0.1, -0.05) is 32.1 Å². The number of amides is 2. The molecule has 2 amide bonds. The van der Waals surface area contributed by atoms with Gasteiger partial charge in [0.1, 0.15) is 4.90 Å². The first-order valence-corrected chi connectivity index (χ1v) is 11.6. The third kappa shape index (κ3) is 5.57. The highest BCUT2D eigenvalue weighted by Crippen LogP contribution is 2.25. The van der Waals surface area contributed by atoms with Gasteiger partial charge in [0.25, 0.3) is 10.0 Å². The van der Waals surface area contributed by atoms with E-state index in [2.05, 4.69) is 15.0 Å². The number of nitrogens with one attached hydrogen (secondary N) is 2. The van der Waals surface area contributed by atoms with Crippen molar-refractivity contribution in [1.29, 1.82) is 0 Å². The second-order valence-corrected chi connectivity index (χ2v) is 9.17. The molecular weight excluding hydrogens is 364 g/mol. The highest BCUT2D eigenvalue weighted by molar-refractivity contribution is 7.90. The van der Waals surface area contributed by atoms with Crippen LogP contribution in [0.2, 0.25) is 0 Å². The molecule has 2 heterocycles. The van der Waals surface area contributed by atoms with Crippen LogP contribution >= 0.6 is 0 Å². The van der Waals surface area contributed by atoms with E-state index < -0.39 is 16.1 Å². The topological polar surface area (TPSA) is 91.4 Å². The van der Waals surface area contributed by atoms with Crippen LogP contribution in [0.5, 0.6) is 0 Å². The van der Waals surface area contributed by atoms with Crippen molar-refractivity contribution in [3.05, 3.63) is 18.5 Å². The minimum absolute atomic E-state index is 0.0393. The molecule has 0 unspecified atom stereocenters. The molecule has 0 bridgehead atoms. The van der Waals surface area contributed by atoms with Gasteiger partial charge in [-0.15, -0.1) is 0 Å². The van der Waals surface area contributed by atoms with Crippen molar-refractivity contribution >= 4 is 21.7 Å². The molecule has 1 aliphatic carbocycles. The molecule has 3 rings (SSSR count). The lowest BCUT2D eigenvalue weighted by Crippen LogP contribution is -2.45. The molecule has 1 saturated heterocycles. The standard InChI is InChI=1S/C19H30N4O3S/c24-19(23-13-7-4-8-14-23)22-27(25,26)18-15-20-12-11-17(18)21-16-9-5-2-1-3-6-10-16/h11-12,15-16H,1-10,13-14H2,(H,20,21)(H,22,24). The Bertz CT molecular complexity index is 724. The molecule has 2 aliphatic rings. The first-order chi connectivity index (χ1) is 13.1. The number of carbonyl (C=O) groups is 1. The van der Waals surface area contributed by atoms with Crippen molar-refractivity contribution < 1.29 is 13.2 Å². The van der Waals surface area contributed by atoms with Crippen molar-refractivity contribution in [1.82, 2.24) is 14.6 Å². The van der Waals surface area contributed by atoms with Crippen LogP contribution in [0.4, 0.5) is 10.5 Å². The van der Waals surface area contributed by atoms with E-state index in [1.807, 2.05) is 0 Å². The lowest BCUT2D eigenvalue weighted by Gasteiger charge is -2.27. The van der Waals surface area contributed by atoms with Crippen molar-refractivity contribution in [3.63, 3.8) is 0 Å². The number of urea groups is 1. The molecule has 0 spiro atoms. The maximum atomic E-state index is 12.8. The molecule has 8 heteroatoms. The fourth-order valence-corrected chi connectivity index (χ4v) is 4.95. The van der Waals surface area contributed by atoms with Crippen molar-refractivity contribution in [2.45, 2.75) is 75.1 Å². The molecule has 0 atom stereocenters. The Labute approximate surface area is 162 Å². The number of hydrogen-bond acceptors (Lipinski definition) is 5. The minimum Gasteiger partial charge on any atom is -0.381 e. The fourth-order valence-electron chi connectivity index (χ4n) is 3.87. The number of nitrogens with zero attached hydrogens (tertiary/aromatic N) is 2. The Hall–Kier alpha value is -1.83. The Morgan fingerprint density at radius 1 is 1.00 bits per heavy atom. The van der Waals surface area contributed by atoms with E-state index in [1.54, 1.807) is 17.2 Å². The van der Waals surface area contributed by atoms with E-state index in [-0.39, 0.29) is 10.9 Å². The van der Waals surface area contributed by atoms with E-state index in [1.165, 1.54) is 25.5 Å². The van der Waals surface area contributed by atoms with Crippen LogP contribution in [0.1, 0.15) is 64.2 Å². The molecule has 2 N–H and O–H groups in total. The molecule has 150 valence electrons. The molecule has 2 fully saturated rings. The molecule has 1 aromatic rings. The van der Waals surface area contributed by atoms with Crippen LogP contribution in [-0.2, 0) is 10.0 Å². The Balaban J connectivity index is 1.72. The molecule has 7 nitrogen and oxygen atoms in total. The zero-order valence-electron chi connectivity index (χ0n) is 15.8. The average Bonchev–Trinajstić information content (AvgIpc) is 2.64. The maximum absolute atomic E-state index is 12.8. The van der Waals surface area contributed by atoms with Crippen molar-refractivity contribution in [2.24, 2.45) is 0 Å². The summed E-state index contributed by atoms with van der Waals surface area (Å²) in [5, 5.41) is 3.39. The summed E-state index contributed by atoms with van der Waals surface area (Å²) in [5.74, 6) is 0. The number of rotatable bonds is 4. The predicted octanol–water partition coefficient (Wildman–Crippen LogP) is 3.49. The summed E-state index contributed by atoms with van der Waals surface area (Å²) in [5.41, 5.74) is 0.523. The van der Waals surface area contributed by atoms with Gasteiger partial charge in [0, 0.05) is 31.5 Å². The van der Waals surface area contributed by atoms with E-state index in [9.17, 15) is 13.2 Å². The van der Waals surface area contributed by atoms with Crippen LogP contribution in [0.15, 0.2) is 23.4 Å². The summed E-state index contributed by atoms with van der Waals surface area (Å²) >= 11 is 0. The molecule has 0 radical (unpaired) electrons. The Kier molecular flexibility index (Phi) is 6.93. The third-order valence-electron chi connectivity index (χ3n) is 5.40. The van der Waals surface area contributed by atoms with Gasteiger partial charge in [-0.2, -0.15) is 0 Å². The summed E-state index contributed by atoms with van der Waals surface area (Å²) in [6.07, 6.45) is 13.9. The van der Waals surface area contributed by atoms with Gasteiger partial charge in [0.2, 0.25) is 0 Å². The molecule has 0 aromatic carbocycles. The Morgan fingerprint density at radius 2 is 1.63 bits per heavy atom. The molecule has 1 aliphatic heterocycles. The summed E-state index contributed by atoms with van der Waals surface area (Å²) in [6.45, 7) is 1.20. The van der Waals surface area contributed by atoms with Gasteiger partial charge < -0.3 is 10.2 Å². The SMILES string of the molecule is O=C(NS(=O)(=O)c1cnccc1NC1CCCCCCC1)N1CCCCC1.